The zero-order valence-electron chi connectivity index (χ0n) is 9.42. The van der Waals surface area contributed by atoms with E-state index in [9.17, 15) is 0 Å². The lowest BCUT2D eigenvalue weighted by atomic mass is 11.2. The van der Waals surface area contributed by atoms with Gasteiger partial charge in [0, 0.05) is 42.3 Å². The van der Waals surface area contributed by atoms with Crippen LogP contribution in [0.2, 0.25) is 0 Å². The third kappa shape index (κ3) is 2.46. The summed E-state index contributed by atoms with van der Waals surface area (Å²) in [4.78, 5) is 0. The standard InChI is InChI=1S/C7H18Cl3N3P/c1-11(2)14(12(3)4,13(5)6)7(8,9)10/h1-6H3/q+1. The highest BCUT2D eigenvalue weighted by Gasteiger charge is 2.64. The van der Waals surface area contributed by atoms with Crippen LogP contribution in [0.15, 0.2) is 0 Å². The number of nitrogens with zero attached hydrogens (tertiary/aromatic N) is 3. The topological polar surface area (TPSA) is 9.72 Å². The summed E-state index contributed by atoms with van der Waals surface area (Å²) in [5.41, 5.74) is 0. The van der Waals surface area contributed by atoms with Crippen molar-refractivity contribution in [1.82, 2.24) is 14.0 Å². The molecule has 0 aromatic carbocycles. The van der Waals surface area contributed by atoms with Gasteiger partial charge < -0.3 is 0 Å². The van der Waals surface area contributed by atoms with Gasteiger partial charge in [-0.15, -0.1) is 0 Å². The van der Waals surface area contributed by atoms with Crippen molar-refractivity contribution in [3.63, 3.8) is 0 Å². The molecule has 86 valence electrons. The number of alkyl halides is 3. The summed E-state index contributed by atoms with van der Waals surface area (Å²) in [6.45, 7) is 0. The summed E-state index contributed by atoms with van der Waals surface area (Å²) in [5, 5.41) is 0. The highest BCUT2D eigenvalue weighted by molar-refractivity contribution is 7.76. The first-order valence-corrected chi connectivity index (χ1v) is 6.85. The highest BCUT2D eigenvalue weighted by atomic mass is 35.6. The van der Waals surface area contributed by atoms with E-state index in [1.807, 2.05) is 56.3 Å². The van der Waals surface area contributed by atoms with E-state index in [4.69, 9.17) is 34.8 Å². The molecule has 14 heavy (non-hydrogen) atoms. The van der Waals surface area contributed by atoms with Crippen molar-refractivity contribution in [3.05, 3.63) is 0 Å². The van der Waals surface area contributed by atoms with Crippen LogP contribution in [0.3, 0.4) is 0 Å². The van der Waals surface area contributed by atoms with Crippen LogP contribution in [0.4, 0.5) is 0 Å². The molecule has 0 unspecified atom stereocenters. The molecule has 0 N–H and O–H groups in total. The second kappa shape index (κ2) is 5.01. The number of hydrogen-bond acceptors (Lipinski definition) is 3. The van der Waals surface area contributed by atoms with Crippen molar-refractivity contribution in [2.24, 2.45) is 0 Å². The molecule has 0 saturated heterocycles. The Labute approximate surface area is 102 Å². The predicted octanol–water partition coefficient (Wildman–Crippen LogP) is 2.76. The highest BCUT2D eigenvalue weighted by Crippen LogP contribution is 2.77. The van der Waals surface area contributed by atoms with E-state index in [-0.39, 0.29) is 0 Å². The molecule has 0 amide bonds. The molecule has 7 heteroatoms. The molecule has 0 atom stereocenters. The second-order valence-electron chi connectivity index (χ2n) is 3.58. The maximum atomic E-state index is 6.10. The van der Waals surface area contributed by atoms with Crippen LogP contribution in [-0.4, -0.2) is 59.8 Å². The Balaban J connectivity index is 5.40. The molecule has 0 fully saturated rings. The normalized spacial score (nSPS) is 14.6. The van der Waals surface area contributed by atoms with Crippen LogP contribution in [0.1, 0.15) is 0 Å². The molecule has 0 aromatic rings. The third-order valence-electron chi connectivity index (χ3n) is 2.01. The van der Waals surface area contributed by atoms with E-state index in [1.54, 1.807) is 0 Å². The van der Waals surface area contributed by atoms with Crippen molar-refractivity contribution in [3.8, 4) is 0 Å². The SMILES string of the molecule is CN(C)[P+](N(C)C)(N(C)C)C(Cl)(Cl)Cl. The Kier molecular flexibility index (Phi) is 5.43. The molecule has 0 radical (unpaired) electrons. The molecule has 0 aromatic heterocycles. The van der Waals surface area contributed by atoms with E-state index in [2.05, 4.69) is 0 Å². The Morgan fingerprint density at radius 1 is 0.714 bits per heavy atom. The fraction of sp³-hybridized carbons (Fsp3) is 1.00. The zero-order chi connectivity index (χ0) is 11.7. The molecule has 0 spiro atoms. The summed E-state index contributed by atoms with van der Waals surface area (Å²) < 4.78 is 4.64. The fourth-order valence-corrected chi connectivity index (χ4v) is 9.34. The molecule has 0 aliphatic heterocycles. The molecule has 0 heterocycles. The summed E-state index contributed by atoms with van der Waals surface area (Å²) >= 11 is 18.3. The van der Waals surface area contributed by atoms with E-state index in [0.29, 0.717) is 0 Å². The van der Waals surface area contributed by atoms with E-state index in [1.165, 1.54) is 0 Å². The van der Waals surface area contributed by atoms with Crippen LogP contribution in [0.5, 0.6) is 0 Å². The quantitative estimate of drug-likeness (QED) is 0.582. The van der Waals surface area contributed by atoms with Crippen LogP contribution in [-0.2, 0) is 0 Å². The average Bonchev–Trinajstić information content (AvgIpc) is 1.79. The lowest BCUT2D eigenvalue weighted by Gasteiger charge is -2.43. The lowest BCUT2D eigenvalue weighted by Crippen LogP contribution is -2.42. The van der Waals surface area contributed by atoms with Crippen molar-refractivity contribution in [2.45, 2.75) is 3.53 Å². The first kappa shape index (κ1) is 15.2. The number of hydrogen-bond donors (Lipinski definition) is 0. The second-order valence-corrected chi connectivity index (χ2v) is 10.9. The average molecular weight is 282 g/mol. The molecular formula is C7H18Cl3N3P+. The van der Waals surface area contributed by atoms with Gasteiger partial charge in [0.25, 0.3) is 7.71 Å². The minimum atomic E-state index is -2.10. The Morgan fingerprint density at radius 2 is 0.929 bits per heavy atom. The Bertz CT molecular complexity index is 169. The lowest BCUT2D eigenvalue weighted by molar-refractivity contribution is 0.458. The molecule has 0 saturated carbocycles. The van der Waals surface area contributed by atoms with Crippen molar-refractivity contribution >= 4 is 42.5 Å². The van der Waals surface area contributed by atoms with Gasteiger partial charge in [-0.25, -0.2) is 0 Å². The van der Waals surface area contributed by atoms with Gasteiger partial charge in [0.05, 0.1) is 0 Å². The number of rotatable bonds is 3. The Morgan fingerprint density at radius 3 is 0.929 bits per heavy atom. The molecule has 0 bridgehead atoms. The smallest absolute Gasteiger partial charge is 0.151 e. The van der Waals surface area contributed by atoms with Crippen molar-refractivity contribution in [2.75, 3.05) is 42.3 Å². The van der Waals surface area contributed by atoms with Crippen LogP contribution >= 0.6 is 42.5 Å². The zero-order valence-corrected chi connectivity index (χ0v) is 12.6. The molecule has 3 nitrogen and oxygen atoms in total. The van der Waals surface area contributed by atoms with Gasteiger partial charge in [0.2, 0.25) is 0 Å². The third-order valence-corrected chi connectivity index (χ3v) is 8.08. The number of halogens is 3. The van der Waals surface area contributed by atoms with Gasteiger partial charge in [-0.3, -0.25) is 0 Å². The maximum Gasteiger partial charge on any atom is 0.348 e. The van der Waals surface area contributed by atoms with Crippen LogP contribution in [0, 0.1) is 0 Å². The van der Waals surface area contributed by atoms with Crippen molar-refractivity contribution in [1.29, 1.82) is 0 Å². The van der Waals surface area contributed by atoms with E-state index >= 15 is 0 Å². The molecule has 0 aliphatic rings. The summed E-state index contributed by atoms with van der Waals surface area (Å²) in [5.74, 6) is 0. The first-order valence-electron chi connectivity index (χ1n) is 4.07. The van der Waals surface area contributed by atoms with Gasteiger partial charge in [-0.05, 0) is 34.8 Å². The van der Waals surface area contributed by atoms with E-state index < -0.39 is 11.2 Å². The van der Waals surface area contributed by atoms with Gasteiger partial charge in [0.1, 0.15) is 0 Å². The maximum absolute atomic E-state index is 6.10. The minimum absolute atomic E-state index is 1.32. The van der Waals surface area contributed by atoms with Crippen LogP contribution in [0.25, 0.3) is 0 Å². The fourth-order valence-electron chi connectivity index (χ4n) is 1.75. The first-order chi connectivity index (χ1) is 6.08. The minimum Gasteiger partial charge on any atom is -0.151 e. The Hall–Kier alpha value is 1.18. The predicted molar refractivity (Wildman–Crippen MR) is 68.3 cm³/mol. The van der Waals surface area contributed by atoms with Crippen molar-refractivity contribution < 1.29 is 0 Å². The largest absolute Gasteiger partial charge is 0.348 e. The summed E-state index contributed by atoms with van der Waals surface area (Å²) in [7, 11) is 9.46. The van der Waals surface area contributed by atoms with Gasteiger partial charge >= 0.3 is 3.53 Å². The summed E-state index contributed by atoms with van der Waals surface area (Å²) in [6, 6.07) is 0. The van der Waals surface area contributed by atoms with Crippen LogP contribution < -0.4 is 0 Å². The summed E-state index contributed by atoms with van der Waals surface area (Å²) in [6.07, 6.45) is 0. The molecule has 0 rings (SSSR count). The monoisotopic (exact) mass is 280 g/mol. The van der Waals surface area contributed by atoms with E-state index in [0.717, 1.165) is 0 Å². The van der Waals surface area contributed by atoms with Gasteiger partial charge in [-0.1, -0.05) is 0 Å². The van der Waals surface area contributed by atoms with Gasteiger partial charge in [0.15, 0.2) is 0 Å². The molecule has 0 aliphatic carbocycles. The van der Waals surface area contributed by atoms with Gasteiger partial charge in [-0.2, -0.15) is 14.0 Å². The molecular weight excluding hydrogens is 263 g/mol.